The van der Waals surface area contributed by atoms with Crippen LogP contribution in [0.3, 0.4) is 0 Å². The molecule has 0 aromatic heterocycles. The second-order valence-corrected chi connectivity index (χ2v) is 5.67. The van der Waals surface area contributed by atoms with Crippen LogP contribution < -0.4 is 24.8 Å². The van der Waals surface area contributed by atoms with Gasteiger partial charge in [0.1, 0.15) is 17.2 Å². The van der Waals surface area contributed by atoms with Crippen molar-refractivity contribution in [2.75, 3.05) is 34.4 Å². The summed E-state index contributed by atoms with van der Waals surface area (Å²) in [5, 5.41) is 5.72. The number of hydrogen-bond acceptors (Lipinski definition) is 4. The SMILES string of the molecule is COc1ccc(CCNC(=O)NCCc2ccccc2OC)c(OC)c1. The topological polar surface area (TPSA) is 68.8 Å². The summed E-state index contributed by atoms with van der Waals surface area (Å²) in [4.78, 5) is 11.9. The highest BCUT2D eigenvalue weighted by Crippen LogP contribution is 2.24. The van der Waals surface area contributed by atoms with E-state index in [1.807, 2.05) is 42.5 Å². The van der Waals surface area contributed by atoms with E-state index in [0.717, 1.165) is 28.4 Å². The first kappa shape index (κ1) is 19.4. The van der Waals surface area contributed by atoms with Gasteiger partial charge in [0.25, 0.3) is 0 Å². The Hall–Kier alpha value is -2.89. The van der Waals surface area contributed by atoms with Crippen molar-refractivity contribution in [3.8, 4) is 17.2 Å². The fourth-order valence-electron chi connectivity index (χ4n) is 2.65. The van der Waals surface area contributed by atoms with Crippen molar-refractivity contribution < 1.29 is 19.0 Å². The molecule has 0 saturated heterocycles. The Bertz CT molecular complexity index is 719. The summed E-state index contributed by atoms with van der Waals surface area (Å²) >= 11 is 0. The van der Waals surface area contributed by atoms with Crippen LogP contribution in [-0.4, -0.2) is 40.5 Å². The van der Waals surface area contributed by atoms with Crippen molar-refractivity contribution in [3.63, 3.8) is 0 Å². The van der Waals surface area contributed by atoms with E-state index in [1.165, 1.54) is 0 Å². The van der Waals surface area contributed by atoms with Crippen LogP contribution in [0.1, 0.15) is 11.1 Å². The maximum Gasteiger partial charge on any atom is 0.314 e. The van der Waals surface area contributed by atoms with Gasteiger partial charge in [0.15, 0.2) is 0 Å². The van der Waals surface area contributed by atoms with Crippen molar-refractivity contribution in [2.24, 2.45) is 0 Å². The van der Waals surface area contributed by atoms with Crippen molar-refractivity contribution >= 4 is 6.03 Å². The van der Waals surface area contributed by atoms with Gasteiger partial charge >= 0.3 is 6.03 Å². The number of benzene rings is 2. The van der Waals surface area contributed by atoms with Crippen LogP contribution >= 0.6 is 0 Å². The Kier molecular flexibility index (Phi) is 7.61. The molecule has 2 aromatic carbocycles. The Morgan fingerprint density at radius 2 is 1.42 bits per heavy atom. The molecule has 0 bridgehead atoms. The molecule has 0 heterocycles. The van der Waals surface area contributed by atoms with Gasteiger partial charge < -0.3 is 24.8 Å². The van der Waals surface area contributed by atoms with Crippen LogP contribution in [0.15, 0.2) is 42.5 Å². The lowest BCUT2D eigenvalue weighted by Crippen LogP contribution is -2.37. The summed E-state index contributed by atoms with van der Waals surface area (Å²) in [5.74, 6) is 2.33. The van der Waals surface area contributed by atoms with Crippen molar-refractivity contribution in [2.45, 2.75) is 12.8 Å². The van der Waals surface area contributed by atoms with Crippen LogP contribution in [0, 0.1) is 0 Å². The van der Waals surface area contributed by atoms with Gasteiger partial charge in [-0.15, -0.1) is 0 Å². The molecule has 0 fully saturated rings. The van der Waals surface area contributed by atoms with Gasteiger partial charge in [-0.3, -0.25) is 0 Å². The fraction of sp³-hybridized carbons (Fsp3) is 0.350. The molecule has 0 radical (unpaired) electrons. The third kappa shape index (κ3) is 5.58. The number of amides is 2. The molecule has 6 heteroatoms. The second-order valence-electron chi connectivity index (χ2n) is 5.67. The zero-order valence-electron chi connectivity index (χ0n) is 15.5. The predicted molar refractivity (Wildman–Crippen MR) is 101 cm³/mol. The number of hydrogen-bond donors (Lipinski definition) is 2. The first-order chi connectivity index (χ1) is 12.7. The van der Waals surface area contributed by atoms with Crippen molar-refractivity contribution in [1.82, 2.24) is 10.6 Å². The Morgan fingerprint density at radius 3 is 2.04 bits per heavy atom. The molecule has 140 valence electrons. The van der Waals surface area contributed by atoms with Crippen LogP contribution in [0.2, 0.25) is 0 Å². The normalized spacial score (nSPS) is 10.1. The number of rotatable bonds is 9. The number of para-hydroxylation sites is 1. The summed E-state index contributed by atoms with van der Waals surface area (Å²) in [6.45, 7) is 1.06. The molecular weight excluding hydrogens is 332 g/mol. The number of urea groups is 1. The molecule has 0 atom stereocenters. The molecule has 6 nitrogen and oxygen atoms in total. The summed E-state index contributed by atoms with van der Waals surface area (Å²) in [5.41, 5.74) is 2.08. The average Bonchev–Trinajstić information content (AvgIpc) is 2.68. The third-order valence-corrected chi connectivity index (χ3v) is 4.05. The van der Waals surface area contributed by atoms with E-state index in [2.05, 4.69) is 10.6 Å². The minimum atomic E-state index is -0.188. The summed E-state index contributed by atoms with van der Waals surface area (Å²) in [6.07, 6.45) is 1.39. The maximum atomic E-state index is 11.9. The highest BCUT2D eigenvalue weighted by Gasteiger charge is 2.07. The minimum Gasteiger partial charge on any atom is -0.497 e. The van der Waals surface area contributed by atoms with E-state index >= 15 is 0 Å². The number of nitrogens with one attached hydrogen (secondary N) is 2. The molecule has 0 saturated carbocycles. The molecule has 0 spiro atoms. The van der Waals surface area contributed by atoms with E-state index in [0.29, 0.717) is 25.9 Å². The third-order valence-electron chi connectivity index (χ3n) is 4.05. The molecule has 2 rings (SSSR count). The molecule has 2 amide bonds. The van der Waals surface area contributed by atoms with E-state index in [1.54, 1.807) is 21.3 Å². The van der Waals surface area contributed by atoms with E-state index in [-0.39, 0.29) is 6.03 Å². The lowest BCUT2D eigenvalue weighted by molar-refractivity contribution is 0.241. The number of methoxy groups -OCH3 is 3. The molecule has 26 heavy (non-hydrogen) atoms. The molecule has 2 aromatic rings. The van der Waals surface area contributed by atoms with Gasteiger partial charge in [0, 0.05) is 19.2 Å². The molecule has 0 aliphatic rings. The molecular formula is C20H26N2O4. The summed E-state index contributed by atoms with van der Waals surface area (Å²) in [6, 6.07) is 13.3. The monoisotopic (exact) mass is 358 g/mol. The van der Waals surface area contributed by atoms with Crippen molar-refractivity contribution in [3.05, 3.63) is 53.6 Å². The summed E-state index contributed by atoms with van der Waals surface area (Å²) in [7, 11) is 4.88. The van der Waals surface area contributed by atoms with Gasteiger partial charge in [-0.25, -0.2) is 4.79 Å². The van der Waals surface area contributed by atoms with Crippen LogP contribution in [0.5, 0.6) is 17.2 Å². The van der Waals surface area contributed by atoms with Gasteiger partial charge in [-0.2, -0.15) is 0 Å². The number of carbonyl (C=O) groups is 1. The van der Waals surface area contributed by atoms with Crippen LogP contribution in [0.4, 0.5) is 4.79 Å². The van der Waals surface area contributed by atoms with Crippen LogP contribution in [-0.2, 0) is 12.8 Å². The highest BCUT2D eigenvalue weighted by molar-refractivity contribution is 5.73. The molecule has 0 aliphatic heterocycles. The largest absolute Gasteiger partial charge is 0.497 e. The highest BCUT2D eigenvalue weighted by atomic mass is 16.5. The predicted octanol–water partition coefficient (Wildman–Crippen LogP) is 2.80. The maximum absolute atomic E-state index is 11.9. The fourth-order valence-corrected chi connectivity index (χ4v) is 2.65. The number of carbonyl (C=O) groups excluding carboxylic acids is 1. The van der Waals surface area contributed by atoms with Gasteiger partial charge in [-0.1, -0.05) is 24.3 Å². The summed E-state index contributed by atoms with van der Waals surface area (Å²) < 4.78 is 15.8. The van der Waals surface area contributed by atoms with E-state index in [4.69, 9.17) is 14.2 Å². The Labute approximate surface area is 154 Å². The van der Waals surface area contributed by atoms with Gasteiger partial charge in [-0.05, 0) is 36.1 Å². The van der Waals surface area contributed by atoms with Crippen LogP contribution in [0.25, 0.3) is 0 Å². The average molecular weight is 358 g/mol. The first-order valence-corrected chi connectivity index (χ1v) is 8.52. The first-order valence-electron chi connectivity index (χ1n) is 8.52. The molecule has 0 aliphatic carbocycles. The zero-order valence-corrected chi connectivity index (χ0v) is 15.5. The van der Waals surface area contributed by atoms with E-state index < -0.39 is 0 Å². The Morgan fingerprint density at radius 1 is 0.808 bits per heavy atom. The van der Waals surface area contributed by atoms with Gasteiger partial charge in [0.05, 0.1) is 21.3 Å². The van der Waals surface area contributed by atoms with Crippen molar-refractivity contribution in [1.29, 1.82) is 0 Å². The lowest BCUT2D eigenvalue weighted by atomic mass is 10.1. The van der Waals surface area contributed by atoms with Gasteiger partial charge in [0.2, 0.25) is 0 Å². The smallest absolute Gasteiger partial charge is 0.314 e. The molecule has 0 unspecified atom stereocenters. The lowest BCUT2D eigenvalue weighted by Gasteiger charge is -2.12. The van der Waals surface area contributed by atoms with E-state index in [9.17, 15) is 4.79 Å². The quantitative estimate of drug-likeness (QED) is 0.723. The second kappa shape index (κ2) is 10.2. The minimum absolute atomic E-state index is 0.188. The standard InChI is InChI=1S/C20H26N2O4/c1-24-17-9-8-16(19(14-17)26-3)11-13-22-20(23)21-12-10-15-6-4-5-7-18(15)25-2/h4-9,14H,10-13H2,1-3H3,(H2,21,22,23). The molecule has 2 N–H and O–H groups in total. The zero-order chi connectivity index (χ0) is 18.8. The Balaban J connectivity index is 1.74. The number of ether oxygens (including phenoxy) is 3.